The van der Waals surface area contributed by atoms with Gasteiger partial charge in [0.1, 0.15) is 5.84 Å². The Morgan fingerprint density at radius 3 is 2.61 bits per heavy atom. The van der Waals surface area contributed by atoms with Gasteiger partial charge in [0.25, 0.3) is 0 Å². The van der Waals surface area contributed by atoms with Crippen molar-refractivity contribution in [3.05, 3.63) is 42.0 Å². The summed E-state index contributed by atoms with van der Waals surface area (Å²) in [6.07, 6.45) is 0. The van der Waals surface area contributed by atoms with E-state index >= 15 is 0 Å². The van der Waals surface area contributed by atoms with E-state index in [1.807, 2.05) is 30.3 Å². The molecule has 0 amide bonds. The van der Waals surface area contributed by atoms with Crippen molar-refractivity contribution in [1.29, 1.82) is 5.41 Å². The molecule has 94 valence electrons. The lowest BCUT2D eigenvalue weighted by Crippen LogP contribution is -2.11. The van der Waals surface area contributed by atoms with Gasteiger partial charge >= 0.3 is 0 Å². The molecule has 18 heavy (non-hydrogen) atoms. The Labute approximate surface area is 111 Å². The van der Waals surface area contributed by atoms with Crippen LogP contribution in [0.25, 0.3) is 10.8 Å². The minimum atomic E-state index is 0.111. The number of thioether (sulfide) groups is 1. The molecule has 0 aliphatic carbocycles. The number of ether oxygens (including phenoxy) is 1. The summed E-state index contributed by atoms with van der Waals surface area (Å²) < 4.78 is 5.06. The zero-order valence-electron chi connectivity index (χ0n) is 10.3. The fraction of sp³-hybridized carbons (Fsp3) is 0.214. The van der Waals surface area contributed by atoms with Gasteiger partial charge in [0.2, 0.25) is 0 Å². The number of nitrogen functional groups attached to an aromatic ring is 1. The molecule has 2 aromatic rings. The first-order chi connectivity index (χ1) is 8.74. The SMILES string of the molecule is COCCSc1ccc(C(=N)N)c2ccccc12. The zero-order valence-corrected chi connectivity index (χ0v) is 11.1. The number of fused-ring (bicyclic) bond motifs is 1. The molecular formula is C14H16N2OS. The van der Waals surface area contributed by atoms with Crippen LogP contribution in [0.3, 0.4) is 0 Å². The average molecular weight is 260 g/mol. The fourth-order valence-electron chi connectivity index (χ4n) is 1.87. The molecule has 0 aromatic heterocycles. The van der Waals surface area contributed by atoms with Crippen LogP contribution in [0.1, 0.15) is 5.56 Å². The van der Waals surface area contributed by atoms with Crippen molar-refractivity contribution in [1.82, 2.24) is 0 Å². The third-order valence-corrected chi connectivity index (χ3v) is 3.76. The second-order valence-corrected chi connectivity index (χ2v) is 5.05. The molecule has 0 unspecified atom stereocenters. The van der Waals surface area contributed by atoms with Crippen LogP contribution in [0.2, 0.25) is 0 Å². The molecule has 0 saturated carbocycles. The Kier molecular flexibility index (Phi) is 4.23. The van der Waals surface area contributed by atoms with Gasteiger partial charge in [0, 0.05) is 23.3 Å². The summed E-state index contributed by atoms with van der Waals surface area (Å²) in [6.45, 7) is 0.730. The molecule has 4 heteroatoms. The predicted octanol–water partition coefficient (Wildman–Crippen LogP) is 2.86. The predicted molar refractivity (Wildman–Crippen MR) is 77.6 cm³/mol. The molecule has 0 heterocycles. The van der Waals surface area contributed by atoms with Crippen LogP contribution in [0.4, 0.5) is 0 Å². The van der Waals surface area contributed by atoms with Gasteiger partial charge in [-0.15, -0.1) is 11.8 Å². The maximum Gasteiger partial charge on any atom is 0.123 e. The molecule has 3 N–H and O–H groups in total. The number of amidine groups is 1. The lowest BCUT2D eigenvalue weighted by molar-refractivity contribution is 0.218. The van der Waals surface area contributed by atoms with Crippen molar-refractivity contribution in [2.75, 3.05) is 19.5 Å². The van der Waals surface area contributed by atoms with E-state index in [-0.39, 0.29) is 5.84 Å². The summed E-state index contributed by atoms with van der Waals surface area (Å²) in [6, 6.07) is 12.0. The number of rotatable bonds is 5. The first-order valence-corrected chi connectivity index (χ1v) is 6.70. The molecule has 0 aliphatic rings. The van der Waals surface area contributed by atoms with Gasteiger partial charge in [-0.1, -0.05) is 24.3 Å². The van der Waals surface area contributed by atoms with Crippen molar-refractivity contribution in [3.8, 4) is 0 Å². The van der Waals surface area contributed by atoms with Gasteiger partial charge in [-0.25, -0.2) is 0 Å². The summed E-state index contributed by atoms with van der Waals surface area (Å²) >= 11 is 1.76. The van der Waals surface area contributed by atoms with Crippen LogP contribution < -0.4 is 5.73 Å². The number of nitrogens with two attached hydrogens (primary N) is 1. The molecule has 0 fully saturated rings. The third-order valence-electron chi connectivity index (χ3n) is 2.72. The number of hydrogen-bond acceptors (Lipinski definition) is 3. The Balaban J connectivity index is 2.44. The Morgan fingerprint density at radius 1 is 1.22 bits per heavy atom. The van der Waals surface area contributed by atoms with Crippen molar-refractivity contribution in [3.63, 3.8) is 0 Å². The van der Waals surface area contributed by atoms with E-state index in [4.69, 9.17) is 15.9 Å². The van der Waals surface area contributed by atoms with Crippen molar-refractivity contribution in [2.45, 2.75) is 4.90 Å². The maximum atomic E-state index is 7.61. The highest BCUT2D eigenvalue weighted by atomic mass is 32.2. The fourth-order valence-corrected chi connectivity index (χ4v) is 2.83. The number of methoxy groups -OCH3 is 1. The highest BCUT2D eigenvalue weighted by molar-refractivity contribution is 7.99. The number of benzene rings is 2. The van der Waals surface area contributed by atoms with Crippen LogP contribution in [0.15, 0.2) is 41.3 Å². The van der Waals surface area contributed by atoms with Crippen molar-refractivity contribution in [2.24, 2.45) is 5.73 Å². The minimum absolute atomic E-state index is 0.111. The van der Waals surface area contributed by atoms with Crippen LogP contribution in [-0.2, 0) is 4.74 Å². The van der Waals surface area contributed by atoms with Crippen LogP contribution >= 0.6 is 11.8 Å². The van der Waals surface area contributed by atoms with E-state index in [2.05, 4.69) is 6.07 Å². The van der Waals surface area contributed by atoms with E-state index in [1.165, 1.54) is 4.90 Å². The highest BCUT2D eigenvalue weighted by Gasteiger charge is 2.07. The summed E-state index contributed by atoms with van der Waals surface area (Å²) in [5, 5.41) is 9.79. The first kappa shape index (κ1) is 12.9. The normalized spacial score (nSPS) is 10.7. The minimum Gasteiger partial charge on any atom is -0.384 e. The molecule has 0 bridgehead atoms. The Bertz CT molecular complexity index is 569. The van der Waals surface area contributed by atoms with Crippen molar-refractivity contribution < 1.29 is 4.74 Å². The first-order valence-electron chi connectivity index (χ1n) is 5.72. The van der Waals surface area contributed by atoms with Crippen LogP contribution in [-0.4, -0.2) is 25.3 Å². The molecule has 0 atom stereocenters. The Morgan fingerprint density at radius 2 is 1.94 bits per heavy atom. The van der Waals surface area contributed by atoms with Gasteiger partial charge < -0.3 is 10.5 Å². The lowest BCUT2D eigenvalue weighted by Gasteiger charge is -2.10. The van der Waals surface area contributed by atoms with Gasteiger partial charge in [0.05, 0.1) is 6.61 Å². The van der Waals surface area contributed by atoms with E-state index in [0.29, 0.717) is 0 Å². The summed E-state index contributed by atoms with van der Waals surface area (Å²) in [7, 11) is 1.71. The average Bonchev–Trinajstić information content (AvgIpc) is 2.38. The monoisotopic (exact) mass is 260 g/mol. The highest BCUT2D eigenvalue weighted by Crippen LogP contribution is 2.29. The Hall–Kier alpha value is -1.52. The number of nitrogens with one attached hydrogen (secondary N) is 1. The van der Waals surface area contributed by atoms with E-state index in [9.17, 15) is 0 Å². The van der Waals surface area contributed by atoms with E-state index in [0.717, 1.165) is 28.7 Å². The van der Waals surface area contributed by atoms with Gasteiger partial charge in [-0.3, -0.25) is 5.41 Å². The summed E-state index contributed by atoms with van der Waals surface area (Å²) in [4.78, 5) is 1.20. The van der Waals surface area contributed by atoms with Crippen LogP contribution in [0.5, 0.6) is 0 Å². The molecule has 2 aromatic carbocycles. The molecule has 2 rings (SSSR count). The molecule has 0 saturated heterocycles. The van der Waals surface area contributed by atoms with Gasteiger partial charge in [-0.2, -0.15) is 0 Å². The second-order valence-electron chi connectivity index (χ2n) is 3.91. The van der Waals surface area contributed by atoms with Crippen molar-refractivity contribution >= 4 is 28.4 Å². The van der Waals surface area contributed by atoms with Gasteiger partial charge in [-0.05, 0) is 22.9 Å². The third kappa shape index (κ3) is 2.66. The smallest absolute Gasteiger partial charge is 0.123 e. The standard InChI is InChI=1S/C14H16N2OS/c1-17-8-9-18-13-7-6-12(14(15)16)10-4-2-3-5-11(10)13/h2-7H,8-9H2,1H3,(H3,15,16). The quantitative estimate of drug-likeness (QED) is 0.376. The topological polar surface area (TPSA) is 59.1 Å². The molecule has 0 radical (unpaired) electrons. The lowest BCUT2D eigenvalue weighted by atomic mass is 10.0. The van der Waals surface area contributed by atoms with Gasteiger partial charge in [0.15, 0.2) is 0 Å². The molecule has 0 spiro atoms. The van der Waals surface area contributed by atoms with Crippen LogP contribution in [0, 0.1) is 5.41 Å². The summed E-state index contributed by atoms with van der Waals surface area (Å²) in [5.41, 5.74) is 6.40. The summed E-state index contributed by atoms with van der Waals surface area (Å²) in [5.74, 6) is 1.03. The zero-order chi connectivity index (χ0) is 13.0. The number of hydrogen-bond donors (Lipinski definition) is 2. The largest absolute Gasteiger partial charge is 0.384 e. The maximum absolute atomic E-state index is 7.61. The van der Waals surface area contributed by atoms with E-state index in [1.54, 1.807) is 18.9 Å². The molecule has 3 nitrogen and oxygen atoms in total. The molecule has 0 aliphatic heterocycles. The second kappa shape index (κ2) is 5.89. The van der Waals surface area contributed by atoms with E-state index < -0.39 is 0 Å². The molecular weight excluding hydrogens is 244 g/mol.